The maximum atomic E-state index is 12.4. The predicted molar refractivity (Wildman–Crippen MR) is 90.6 cm³/mol. The number of H-pyrrole nitrogens is 1. The van der Waals surface area contributed by atoms with Gasteiger partial charge in [-0.2, -0.15) is 0 Å². The van der Waals surface area contributed by atoms with Gasteiger partial charge >= 0.3 is 0 Å². The first kappa shape index (κ1) is 13.0. The molecule has 0 aliphatic carbocycles. The average molecular weight is 307 g/mol. The molecule has 108 valence electrons. The number of rotatable bonds is 2. The zero-order valence-electron chi connectivity index (χ0n) is 11.9. The first-order valence-electron chi connectivity index (χ1n) is 6.95. The van der Waals surface area contributed by atoms with E-state index < -0.39 is 0 Å². The van der Waals surface area contributed by atoms with E-state index in [0.29, 0.717) is 10.8 Å². The highest BCUT2D eigenvalue weighted by Gasteiger charge is 2.12. The first-order chi connectivity index (χ1) is 10.7. The molecule has 2 aromatic heterocycles. The van der Waals surface area contributed by atoms with E-state index in [2.05, 4.69) is 21.4 Å². The monoisotopic (exact) mass is 307 g/mol. The Bertz CT molecular complexity index is 966. The van der Waals surface area contributed by atoms with Gasteiger partial charge in [-0.05, 0) is 36.8 Å². The SMILES string of the molecule is Cc1ccc2nc(NC(=O)c3cc4ccccc4[nH]3)sc2c1. The standard InChI is InChI=1S/C17H13N3OS/c1-10-6-7-13-15(8-10)22-17(19-13)20-16(21)14-9-11-4-2-3-5-12(11)18-14/h2-9,18H,1H3,(H,19,20,21). The Hall–Kier alpha value is -2.66. The third-order valence-corrected chi connectivity index (χ3v) is 4.47. The van der Waals surface area contributed by atoms with E-state index >= 15 is 0 Å². The summed E-state index contributed by atoms with van der Waals surface area (Å²) < 4.78 is 1.08. The summed E-state index contributed by atoms with van der Waals surface area (Å²) in [6.45, 7) is 2.04. The average Bonchev–Trinajstić information content (AvgIpc) is 3.09. The molecule has 0 saturated carbocycles. The molecule has 5 heteroatoms. The Balaban J connectivity index is 1.64. The summed E-state index contributed by atoms with van der Waals surface area (Å²) in [5.74, 6) is -0.174. The lowest BCUT2D eigenvalue weighted by Gasteiger charge is -1.97. The molecule has 0 aliphatic heterocycles. The molecule has 0 spiro atoms. The molecule has 0 bridgehead atoms. The molecule has 0 aliphatic rings. The van der Waals surface area contributed by atoms with Crippen LogP contribution < -0.4 is 5.32 Å². The van der Waals surface area contributed by atoms with Crippen LogP contribution in [0.5, 0.6) is 0 Å². The van der Waals surface area contributed by atoms with E-state index in [1.807, 2.05) is 49.4 Å². The number of nitrogens with one attached hydrogen (secondary N) is 2. The molecule has 0 unspecified atom stereocenters. The van der Waals surface area contributed by atoms with E-state index in [1.165, 1.54) is 16.9 Å². The van der Waals surface area contributed by atoms with Crippen LogP contribution in [-0.2, 0) is 0 Å². The fourth-order valence-electron chi connectivity index (χ4n) is 2.45. The van der Waals surface area contributed by atoms with Crippen molar-refractivity contribution in [1.82, 2.24) is 9.97 Å². The number of hydrogen-bond donors (Lipinski definition) is 2. The number of para-hydroxylation sites is 1. The second-order valence-electron chi connectivity index (χ2n) is 5.21. The molecule has 1 amide bonds. The van der Waals surface area contributed by atoms with Crippen LogP contribution in [0.3, 0.4) is 0 Å². The van der Waals surface area contributed by atoms with Gasteiger partial charge in [-0.25, -0.2) is 4.98 Å². The van der Waals surface area contributed by atoms with Crippen LogP contribution in [0.4, 0.5) is 5.13 Å². The van der Waals surface area contributed by atoms with Gasteiger partial charge in [0.05, 0.1) is 10.2 Å². The number of fused-ring (bicyclic) bond motifs is 2. The molecule has 4 nitrogen and oxygen atoms in total. The molecule has 0 fully saturated rings. The van der Waals surface area contributed by atoms with Gasteiger partial charge in [0.1, 0.15) is 5.69 Å². The van der Waals surface area contributed by atoms with Gasteiger partial charge in [-0.1, -0.05) is 35.6 Å². The van der Waals surface area contributed by atoms with Crippen molar-refractivity contribution in [3.8, 4) is 0 Å². The summed E-state index contributed by atoms with van der Waals surface area (Å²) >= 11 is 1.48. The van der Waals surface area contributed by atoms with E-state index in [1.54, 1.807) is 0 Å². The molecule has 4 rings (SSSR count). The highest BCUT2D eigenvalue weighted by Crippen LogP contribution is 2.27. The van der Waals surface area contributed by atoms with Crippen LogP contribution in [0.1, 0.15) is 16.1 Å². The van der Waals surface area contributed by atoms with Crippen LogP contribution in [0.25, 0.3) is 21.1 Å². The van der Waals surface area contributed by atoms with Crippen LogP contribution in [0.2, 0.25) is 0 Å². The van der Waals surface area contributed by atoms with E-state index in [4.69, 9.17) is 0 Å². The van der Waals surface area contributed by atoms with E-state index in [0.717, 1.165) is 21.1 Å². The number of thiazole rings is 1. The van der Waals surface area contributed by atoms with Gasteiger partial charge in [0.25, 0.3) is 5.91 Å². The van der Waals surface area contributed by atoms with Crippen molar-refractivity contribution in [2.24, 2.45) is 0 Å². The number of hydrogen-bond acceptors (Lipinski definition) is 3. The van der Waals surface area contributed by atoms with Crippen LogP contribution >= 0.6 is 11.3 Å². The molecular weight excluding hydrogens is 294 g/mol. The Kier molecular flexibility index (Phi) is 2.94. The Morgan fingerprint density at radius 2 is 2.05 bits per heavy atom. The lowest BCUT2D eigenvalue weighted by Crippen LogP contribution is -2.11. The zero-order valence-corrected chi connectivity index (χ0v) is 12.7. The quantitative estimate of drug-likeness (QED) is 0.579. The second-order valence-corrected chi connectivity index (χ2v) is 6.25. The number of nitrogens with zero attached hydrogens (tertiary/aromatic N) is 1. The molecule has 0 radical (unpaired) electrons. The van der Waals surface area contributed by atoms with Crippen LogP contribution in [0, 0.1) is 6.92 Å². The van der Waals surface area contributed by atoms with Crippen molar-refractivity contribution in [3.63, 3.8) is 0 Å². The maximum absolute atomic E-state index is 12.4. The summed E-state index contributed by atoms with van der Waals surface area (Å²) in [6, 6.07) is 15.7. The zero-order chi connectivity index (χ0) is 15.1. The third-order valence-electron chi connectivity index (χ3n) is 3.54. The Morgan fingerprint density at radius 1 is 1.18 bits per heavy atom. The van der Waals surface area contributed by atoms with Gasteiger partial charge < -0.3 is 4.98 Å². The number of amides is 1. The number of carbonyl (C=O) groups excluding carboxylic acids is 1. The van der Waals surface area contributed by atoms with E-state index in [-0.39, 0.29) is 5.91 Å². The number of carbonyl (C=O) groups is 1. The molecule has 0 saturated heterocycles. The highest BCUT2D eigenvalue weighted by atomic mass is 32.1. The normalized spacial score (nSPS) is 11.1. The number of aromatic amines is 1. The molecular formula is C17H13N3OS. The van der Waals surface area contributed by atoms with Gasteiger partial charge in [-0.15, -0.1) is 0 Å². The van der Waals surface area contributed by atoms with Crippen molar-refractivity contribution in [1.29, 1.82) is 0 Å². The topological polar surface area (TPSA) is 57.8 Å². The van der Waals surface area contributed by atoms with Crippen molar-refractivity contribution in [2.45, 2.75) is 6.92 Å². The van der Waals surface area contributed by atoms with Gasteiger partial charge in [0, 0.05) is 10.9 Å². The molecule has 2 N–H and O–H groups in total. The summed E-state index contributed by atoms with van der Waals surface area (Å²) in [7, 11) is 0. The third kappa shape index (κ3) is 2.25. The van der Waals surface area contributed by atoms with Gasteiger partial charge in [0.2, 0.25) is 0 Å². The molecule has 22 heavy (non-hydrogen) atoms. The minimum absolute atomic E-state index is 0.174. The highest BCUT2D eigenvalue weighted by molar-refractivity contribution is 7.22. The fourth-order valence-corrected chi connectivity index (χ4v) is 3.40. The predicted octanol–water partition coefficient (Wildman–Crippen LogP) is 4.34. The summed E-state index contributed by atoms with van der Waals surface area (Å²) in [6.07, 6.45) is 0. The van der Waals surface area contributed by atoms with Gasteiger partial charge in [-0.3, -0.25) is 10.1 Å². The second kappa shape index (κ2) is 4.96. The lowest BCUT2D eigenvalue weighted by molar-refractivity contribution is 0.102. The molecule has 2 aromatic carbocycles. The fraction of sp³-hybridized carbons (Fsp3) is 0.0588. The number of aryl methyl sites for hydroxylation is 1. The summed E-state index contributed by atoms with van der Waals surface area (Å²) in [5, 5.41) is 4.50. The van der Waals surface area contributed by atoms with Crippen molar-refractivity contribution in [2.75, 3.05) is 5.32 Å². The minimum Gasteiger partial charge on any atom is -0.351 e. The van der Waals surface area contributed by atoms with Crippen molar-refractivity contribution >= 4 is 43.5 Å². The number of aromatic nitrogens is 2. The van der Waals surface area contributed by atoms with Crippen molar-refractivity contribution in [3.05, 3.63) is 59.8 Å². The molecule has 2 heterocycles. The first-order valence-corrected chi connectivity index (χ1v) is 7.77. The van der Waals surface area contributed by atoms with Crippen molar-refractivity contribution < 1.29 is 4.79 Å². The van der Waals surface area contributed by atoms with E-state index in [9.17, 15) is 4.79 Å². The number of benzene rings is 2. The Morgan fingerprint density at radius 3 is 2.91 bits per heavy atom. The summed E-state index contributed by atoms with van der Waals surface area (Å²) in [4.78, 5) is 19.9. The van der Waals surface area contributed by atoms with Crippen LogP contribution in [0.15, 0.2) is 48.5 Å². The largest absolute Gasteiger partial charge is 0.351 e. The van der Waals surface area contributed by atoms with Gasteiger partial charge in [0.15, 0.2) is 5.13 Å². The number of anilines is 1. The molecule has 0 atom stereocenters. The maximum Gasteiger partial charge on any atom is 0.273 e. The Labute approximate surface area is 130 Å². The summed E-state index contributed by atoms with van der Waals surface area (Å²) in [5.41, 5.74) is 3.58. The van der Waals surface area contributed by atoms with Crippen LogP contribution in [-0.4, -0.2) is 15.9 Å². The molecule has 4 aromatic rings. The lowest BCUT2D eigenvalue weighted by atomic mass is 10.2. The smallest absolute Gasteiger partial charge is 0.273 e. The minimum atomic E-state index is -0.174.